The summed E-state index contributed by atoms with van der Waals surface area (Å²) >= 11 is 0. The number of ether oxygens (including phenoxy) is 1. The zero-order valence-corrected chi connectivity index (χ0v) is 12.6. The number of hydrazone groups is 1. The molecule has 2 aromatic rings. The molecule has 6 heteroatoms. The van der Waals surface area contributed by atoms with Gasteiger partial charge in [0.1, 0.15) is 5.75 Å². The Balaban J connectivity index is 2.10. The van der Waals surface area contributed by atoms with Crippen LogP contribution in [0.1, 0.15) is 11.1 Å². The molecule has 0 radical (unpaired) electrons. The van der Waals surface area contributed by atoms with Crippen LogP contribution in [-0.2, 0) is 10.0 Å². The molecule has 5 nitrogen and oxygen atoms in total. The van der Waals surface area contributed by atoms with Crippen molar-refractivity contribution in [3.63, 3.8) is 0 Å². The Morgan fingerprint density at radius 2 is 1.86 bits per heavy atom. The van der Waals surface area contributed by atoms with Crippen molar-refractivity contribution in [1.29, 1.82) is 0 Å². The van der Waals surface area contributed by atoms with E-state index in [1.807, 2.05) is 6.92 Å². The van der Waals surface area contributed by atoms with E-state index in [2.05, 4.69) is 9.93 Å². The van der Waals surface area contributed by atoms with Crippen LogP contribution in [0.2, 0.25) is 0 Å². The monoisotopic (exact) mass is 304 g/mol. The number of rotatable bonds is 5. The lowest BCUT2D eigenvalue weighted by atomic mass is 10.2. The number of aryl methyl sites for hydroxylation is 1. The van der Waals surface area contributed by atoms with Crippen molar-refractivity contribution >= 4 is 16.2 Å². The highest BCUT2D eigenvalue weighted by Crippen LogP contribution is 2.11. The molecular formula is C15H16N2O3S. The second-order valence-corrected chi connectivity index (χ2v) is 6.10. The lowest BCUT2D eigenvalue weighted by molar-refractivity contribution is 0.415. The molecule has 0 fully saturated rings. The summed E-state index contributed by atoms with van der Waals surface area (Å²) in [6, 6.07) is 13.7. The van der Waals surface area contributed by atoms with E-state index in [-0.39, 0.29) is 4.90 Å². The van der Waals surface area contributed by atoms with Gasteiger partial charge in [-0.25, -0.2) is 4.83 Å². The van der Waals surface area contributed by atoms with Crippen molar-refractivity contribution < 1.29 is 13.2 Å². The molecule has 0 heterocycles. The Morgan fingerprint density at radius 3 is 2.52 bits per heavy atom. The molecule has 0 saturated carbocycles. The van der Waals surface area contributed by atoms with E-state index in [0.29, 0.717) is 5.75 Å². The summed E-state index contributed by atoms with van der Waals surface area (Å²) in [4.78, 5) is 2.36. The summed E-state index contributed by atoms with van der Waals surface area (Å²) in [5.41, 5.74) is 1.73. The first-order chi connectivity index (χ1) is 10.0. The summed E-state index contributed by atoms with van der Waals surface area (Å²) < 4.78 is 29.1. The third-order valence-electron chi connectivity index (χ3n) is 2.81. The Kier molecular flexibility index (Phi) is 4.59. The number of sulfonamides is 1. The highest BCUT2D eigenvalue weighted by molar-refractivity contribution is 7.89. The number of hydrogen-bond donors (Lipinski definition) is 1. The molecule has 0 amide bonds. The molecule has 0 aromatic heterocycles. The van der Waals surface area contributed by atoms with E-state index in [1.165, 1.54) is 6.21 Å². The lowest BCUT2D eigenvalue weighted by Crippen LogP contribution is -2.18. The molecule has 1 N–H and O–H groups in total. The number of nitrogens with one attached hydrogen (secondary N) is 1. The molecule has 0 unspecified atom stereocenters. The Labute approximate surface area is 124 Å². The van der Waals surface area contributed by atoms with E-state index in [0.717, 1.165) is 11.1 Å². The first-order valence-corrected chi connectivity index (χ1v) is 7.75. The summed E-state index contributed by atoms with van der Waals surface area (Å²) in [5, 5.41) is 3.77. The fourth-order valence-corrected chi connectivity index (χ4v) is 2.45. The molecule has 0 atom stereocenters. The molecule has 110 valence electrons. The Hall–Kier alpha value is -2.34. The number of hydrogen-bond acceptors (Lipinski definition) is 4. The van der Waals surface area contributed by atoms with E-state index < -0.39 is 10.0 Å². The average molecular weight is 304 g/mol. The fraction of sp³-hybridized carbons (Fsp3) is 0.133. The van der Waals surface area contributed by atoms with Crippen molar-refractivity contribution in [1.82, 2.24) is 4.83 Å². The van der Waals surface area contributed by atoms with Crippen molar-refractivity contribution in [2.75, 3.05) is 7.11 Å². The topological polar surface area (TPSA) is 67.8 Å². The summed E-state index contributed by atoms with van der Waals surface area (Å²) in [6.07, 6.45) is 1.42. The minimum atomic E-state index is -3.64. The highest BCUT2D eigenvalue weighted by Gasteiger charge is 2.11. The molecule has 0 aliphatic heterocycles. The third-order valence-corrected chi connectivity index (χ3v) is 4.05. The van der Waals surface area contributed by atoms with Gasteiger partial charge >= 0.3 is 0 Å². The maximum absolute atomic E-state index is 12.0. The lowest BCUT2D eigenvalue weighted by Gasteiger charge is -2.04. The third kappa shape index (κ3) is 4.06. The summed E-state index contributed by atoms with van der Waals surface area (Å²) in [7, 11) is -2.08. The molecule has 2 rings (SSSR count). The van der Waals surface area contributed by atoms with Gasteiger partial charge in [0.15, 0.2) is 0 Å². The van der Waals surface area contributed by atoms with Crippen molar-refractivity contribution in [3.05, 3.63) is 59.7 Å². The molecule has 0 saturated heterocycles. The van der Waals surface area contributed by atoms with E-state index in [9.17, 15) is 8.42 Å². The molecule has 21 heavy (non-hydrogen) atoms. The van der Waals surface area contributed by atoms with Crippen LogP contribution < -0.4 is 9.57 Å². The van der Waals surface area contributed by atoms with Crippen LogP contribution in [0.25, 0.3) is 0 Å². The van der Waals surface area contributed by atoms with Gasteiger partial charge in [-0.3, -0.25) is 0 Å². The van der Waals surface area contributed by atoms with Crippen LogP contribution in [0.15, 0.2) is 58.5 Å². The fourth-order valence-electron chi connectivity index (χ4n) is 1.66. The van der Waals surface area contributed by atoms with Gasteiger partial charge in [-0.15, -0.1) is 0 Å². The molecular weight excluding hydrogens is 288 g/mol. The van der Waals surface area contributed by atoms with Gasteiger partial charge in [-0.2, -0.15) is 13.5 Å². The minimum absolute atomic E-state index is 0.177. The maximum atomic E-state index is 12.0. The molecule has 2 aromatic carbocycles. The van der Waals surface area contributed by atoms with E-state index in [4.69, 9.17) is 4.74 Å². The largest absolute Gasteiger partial charge is 0.497 e. The van der Waals surface area contributed by atoms with Crippen molar-refractivity contribution in [3.8, 4) is 5.75 Å². The first-order valence-electron chi connectivity index (χ1n) is 6.27. The second kappa shape index (κ2) is 6.41. The second-order valence-electron chi connectivity index (χ2n) is 4.44. The van der Waals surface area contributed by atoms with Gasteiger partial charge in [-0.05, 0) is 36.8 Å². The number of benzene rings is 2. The smallest absolute Gasteiger partial charge is 0.276 e. The van der Waals surface area contributed by atoms with Gasteiger partial charge in [0, 0.05) is 0 Å². The summed E-state index contributed by atoms with van der Waals surface area (Å²) in [6.45, 7) is 1.89. The van der Waals surface area contributed by atoms with Gasteiger partial charge < -0.3 is 4.74 Å². The molecule has 0 aliphatic rings. The highest BCUT2D eigenvalue weighted by atomic mass is 32.2. The summed E-state index contributed by atoms with van der Waals surface area (Å²) in [5.74, 6) is 0.681. The van der Waals surface area contributed by atoms with Gasteiger partial charge in [0.2, 0.25) is 0 Å². The average Bonchev–Trinajstić information content (AvgIpc) is 2.48. The molecule has 0 bridgehead atoms. The molecule has 0 aliphatic carbocycles. The standard InChI is InChI=1S/C15H16N2O3S/c1-12-6-8-15(9-7-12)21(18,19)17-16-11-13-4-3-5-14(10-13)20-2/h3-11,17H,1-2H3. The SMILES string of the molecule is COc1cccc(C=NNS(=O)(=O)c2ccc(C)cc2)c1. The van der Waals surface area contributed by atoms with Crippen LogP contribution in [0.3, 0.4) is 0 Å². The number of methoxy groups -OCH3 is 1. The van der Waals surface area contributed by atoms with Crippen LogP contribution >= 0.6 is 0 Å². The quantitative estimate of drug-likeness (QED) is 0.681. The Bertz CT molecular complexity index is 738. The van der Waals surface area contributed by atoms with E-state index in [1.54, 1.807) is 55.6 Å². The Morgan fingerprint density at radius 1 is 1.14 bits per heavy atom. The van der Waals surface area contributed by atoms with Gasteiger partial charge in [0.05, 0.1) is 18.2 Å². The van der Waals surface area contributed by atoms with Crippen LogP contribution in [-0.4, -0.2) is 21.7 Å². The van der Waals surface area contributed by atoms with Crippen LogP contribution in [0, 0.1) is 6.92 Å². The van der Waals surface area contributed by atoms with Crippen LogP contribution in [0.5, 0.6) is 5.75 Å². The minimum Gasteiger partial charge on any atom is -0.497 e. The zero-order valence-electron chi connectivity index (χ0n) is 11.8. The maximum Gasteiger partial charge on any atom is 0.276 e. The van der Waals surface area contributed by atoms with Crippen LogP contribution in [0.4, 0.5) is 0 Å². The molecule has 0 spiro atoms. The zero-order chi connectivity index (χ0) is 15.3. The predicted molar refractivity (Wildman–Crippen MR) is 82.1 cm³/mol. The van der Waals surface area contributed by atoms with E-state index >= 15 is 0 Å². The number of nitrogens with zero attached hydrogens (tertiary/aromatic N) is 1. The normalized spacial score (nSPS) is 11.5. The predicted octanol–water partition coefficient (Wildman–Crippen LogP) is 2.32. The van der Waals surface area contributed by atoms with Gasteiger partial charge in [0.25, 0.3) is 10.0 Å². The van der Waals surface area contributed by atoms with Gasteiger partial charge in [-0.1, -0.05) is 29.8 Å². The first kappa shape index (κ1) is 15.1. The van der Waals surface area contributed by atoms with Crippen molar-refractivity contribution in [2.45, 2.75) is 11.8 Å². The van der Waals surface area contributed by atoms with Crippen molar-refractivity contribution in [2.24, 2.45) is 5.10 Å².